The second kappa shape index (κ2) is 7.17. The Labute approximate surface area is 120 Å². The van der Waals surface area contributed by atoms with Crippen molar-refractivity contribution in [2.45, 2.75) is 39.0 Å². The molecule has 2 rings (SSSR count). The molecule has 0 atom stereocenters. The third kappa shape index (κ3) is 3.65. The third-order valence-electron chi connectivity index (χ3n) is 3.76. The highest BCUT2D eigenvalue weighted by Gasteiger charge is 2.17. The van der Waals surface area contributed by atoms with Crippen molar-refractivity contribution in [1.29, 1.82) is 0 Å². The summed E-state index contributed by atoms with van der Waals surface area (Å²) in [6.07, 6.45) is 6.34. The fraction of sp³-hybridized carbons (Fsp3) is 0.562. The van der Waals surface area contributed by atoms with Crippen LogP contribution in [-0.2, 0) is 4.74 Å². The maximum absolute atomic E-state index is 11.8. The molecule has 4 nitrogen and oxygen atoms in total. The Balaban J connectivity index is 2.00. The van der Waals surface area contributed by atoms with E-state index in [1.165, 1.54) is 32.1 Å². The van der Waals surface area contributed by atoms with E-state index in [0.717, 1.165) is 0 Å². The molecular weight excluding hydrogens is 254 g/mol. The lowest BCUT2D eigenvalue weighted by Gasteiger charge is -2.22. The van der Waals surface area contributed by atoms with Gasteiger partial charge in [-0.15, -0.1) is 0 Å². The van der Waals surface area contributed by atoms with Gasteiger partial charge in [0.2, 0.25) is 0 Å². The van der Waals surface area contributed by atoms with Gasteiger partial charge in [-0.2, -0.15) is 0 Å². The Morgan fingerprint density at radius 1 is 1.30 bits per heavy atom. The van der Waals surface area contributed by atoms with Gasteiger partial charge in [0, 0.05) is 0 Å². The highest BCUT2D eigenvalue weighted by molar-refractivity contribution is 5.96. The van der Waals surface area contributed by atoms with Crippen molar-refractivity contribution in [3.63, 3.8) is 0 Å². The van der Waals surface area contributed by atoms with Gasteiger partial charge in [0.25, 0.3) is 0 Å². The van der Waals surface area contributed by atoms with Gasteiger partial charge in [-0.1, -0.05) is 25.3 Å². The van der Waals surface area contributed by atoms with Crippen LogP contribution >= 0.6 is 0 Å². The molecule has 4 heteroatoms. The van der Waals surface area contributed by atoms with Gasteiger partial charge in [-0.05, 0) is 37.8 Å². The zero-order chi connectivity index (χ0) is 14.4. The third-order valence-corrected chi connectivity index (χ3v) is 3.76. The molecule has 0 aliphatic heterocycles. The number of carbonyl (C=O) groups excluding carboxylic acids is 1. The monoisotopic (exact) mass is 277 g/mol. The zero-order valence-corrected chi connectivity index (χ0v) is 12.1. The number of anilines is 1. The van der Waals surface area contributed by atoms with Crippen LogP contribution in [0.4, 0.5) is 5.69 Å². The number of esters is 1. The van der Waals surface area contributed by atoms with E-state index in [2.05, 4.69) is 0 Å². The van der Waals surface area contributed by atoms with E-state index in [1.54, 1.807) is 25.1 Å². The summed E-state index contributed by atoms with van der Waals surface area (Å²) in [5, 5.41) is 0. The largest absolute Gasteiger partial charge is 0.491 e. The van der Waals surface area contributed by atoms with Gasteiger partial charge < -0.3 is 15.2 Å². The highest BCUT2D eigenvalue weighted by atomic mass is 16.5. The van der Waals surface area contributed by atoms with Gasteiger partial charge in [-0.3, -0.25) is 0 Å². The van der Waals surface area contributed by atoms with E-state index < -0.39 is 5.97 Å². The van der Waals surface area contributed by atoms with Crippen molar-refractivity contribution >= 4 is 11.7 Å². The maximum atomic E-state index is 11.8. The van der Waals surface area contributed by atoms with Crippen molar-refractivity contribution in [3.05, 3.63) is 23.8 Å². The minimum absolute atomic E-state index is 0.339. The van der Waals surface area contributed by atoms with Crippen molar-refractivity contribution in [3.8, 4) is 5.75 Å². The van der Waals surface area contributed by atoms with Crippen LogP contribution in [0.25, 0.3) is 0 Å². The van der Waals surface area contributed by atoms with Crippen LogP contribution in [0.15, 0.2) is 18.2 Å². The molecule has 0 amide bonds. The molecule has 1 aliphatic carbocycles. The van der Waals surface area contributed by atoms with Crippen LogP contribution in [0.1, 0.15) is 49.4 Å². The van der Waals surface area contributed by atoms with E-state index in [9.17, 15) is 4.79 Å². The molecule has 0 spiro atoms. The number of carbonyl (C=O) groups is 1. The minimum Gasteiger partial charge on any atom is -0.491 e. The summed E-state index contributed by atoms with van der Waals surface area (Å²) in [6, 6.07) is 5.25. The van der Waals surface area contributed by atoms with Crippen LogP contribution in [0.2, 0.25) is 0 Å². The quantitative estimate of drug-likeness (QED) is 0.662. The van der Waals surface area contributed by atoms with Crippen LogP contribution in [0.3, 0.4) is 0 Å². The number of ether oxygens (including phenoxy) is 2. The van der Waals surface area contributed by atoms with E-state index >= 15 is 0 Å². The molecule has 1 saturated carbocycles. The second-order valence-electron chi connectivity index (χ2n) is 5.25. The number of hydrogen-bond donors (Lipinski definition) is 1. The summed E-state index contributed by atoms with van der Waals surface area (Å²) < 4.78 is 10.8. The lowest BCUT2D eigenvalue weighted by molar-refractivity contribution is 0.0527. The summed E-state index contributed by atoms with van der Waals surface area (Å²) in [4.78, 5) is 11.8. The number of nitrogens with two attached hydrogens (primary N) is 1. The van der Waals surface area contributed by atoms with Gasteiger partial charge in [0.1, 0.15) is 5.75 Å². The van der Waals surface area contributed by atoms with Crippen LogP contribution in [0.5, 0.6) is 5.75 Å². The normalized spacial score (nSPS) is 15.8. The first-order valence-corrected chi connectivity index (χ1v) is 7.40. The molecule has 0 unspecified atom stereocenters. The van der Waals surface area contributed by atoms with Gasteiger partial charge in [0.05, 0.1) is 24.5 Å². The summed E-state index contributed by atoms with van der Waals surface area (Å²) in [5.74, 6) is 0.795. The minimum atomic E-state index is -0.395. The van der Waals surface area contributed by atoms with Gasteiger partial charge >= 0.3 is 5.97 Å². The number of hydrogen-bond acceptors (Lipinski definition) is 4. The molecule has 110 valence electrons. The van der Waals surface area contributed by atoms with Crippen LogP contribution in [0, 0.1) is 5.92 Å². The summed E-state index contributed by atoms with van der Waals surface area (Å²) in [6.45, 7) is 2.79. The fourth-order valence-corrected chi connectivity index (χ4v) is 2.62. The predicted molar refractivity (Wildman–Crippen MR) is 78.9 cm³/mol. The van der Waals surface area contributed by atoms with E-state index in [-0.39, 0.29) is 0 Å². The molecule has 0 bridgehead atoms. The summed E-state index contributed by atoms with van der Waals surface area (Å²) >= 11 is 0. The van der Waals surface area contributed by atoms with Crippen molar-refractivity contribution in [1.82, 2.24) is 0 Å². The first kappa shape index (κ1) is 14.7. The SMILES string of the molecule is CCOC(=O)c1cccc(OCC2CCCCC2)c1N. The Hall–Kier alpha value is -1.71. The lowest BCUT2D eigenvalue weighted by atomic mass is 9.90. The molecule has 20 heavy (non-hydrogen) atoms. The Morgan fingerprint density at radius 2 is 2.05 bits per heavy atom. The van der Waals surface area contributed by atoms with Crippen molar-refractivity contribution in [2.24, 2.45) is 5.92 Å². The van der Waals surface area contributed by atoms with Gasteiger partial charge in [-0.25, -0.2) is 4.79 Å². The first-order valence-electron chi connectivity index (χ1n) is 7.40. The lowest BCUT2D eigenvalue weighted by Crippen LogP contribution is -2.16. The number of rotatable bonds is 5. The molecule has 0 saturated heterocycles. The van der Waals surface area contributed by atoms with Gasteiger partial charge in [0.15, 0.2) is 0 Å². The first-order chi connectivity index (χ1) is 9.72. The predicted octanol–water partition coefficient (Wildman–Crippen LogP) is 3.40. The molecule has 1 aromatic carbocycles. The smallest absolute Gasteiger partial charge is 0.340 e. The van der Waals surface area contributed by atoms with E-state index in [1.807, 2.05) is 0 Å². The molecule has 0 radical (unpaired) electrons. The van der Waals surface area contributed by atoms with Crippen LogP contribution < -0.4 is 10.5 Å². The maximum Gasteiger partial charge on any atom is 0.340 e. The molecular formula is C16H23NO3. The standard InChI is InChI=1S/C16H23NO3/c1-2-19-16(18)13-9-6-10-14(15(13)17)20-11-12-7-4-3-5-8-12/h6,9-10,12H,2-5,7-8,11,17H2,1H3. The molecule has 1 aliphatic rings. The van der Waals surface area contributed by atoms with Crippen molar-refractivity contribution in [2.75, 3.05) is 18.9 Å². The Bertz CT molecular complexity index is 453. The zero-order valence-electron chi connectivity index (χ0n) is 12.1. The second-order valence-corrected chi connectivity index (χ2v) is 5.25. The Kier molecular flexibility index (Phi) is 5.27. The fourth-order valence-electron chi connectivity index (χ4n) is 2.62. The Morgan fingerprint density at radius 3 is 2.75 bits per heavy atom. The summed E-state index contributed by atoms with van der Waals surface area (Å²) in [5.41, 5.74) is 6.76. The molecule has 0 heterocycles. The number of para-hydroxylation sites is 1. The molecule has 2 N–H and O–H groups in total. The average Bonchev–Trinajstić information content (AvgIpc) is 2.47. The molecule has 1 fully saturated rings. The van der Waals surface area contributed by atoms with E-state index in [4.69, 9.17) is 15.2 Å². The summed E-state index contributed by atoms with van der Waals surface area (Å²) in [7, 11) is 0. The molecule has 1 aromatic rings. The molecule has 0 aromatic heterocycles. The van der Waals surface area contributed by atoms with E-state index in [0.29, 0.717) is 36.1 Å². The number of benzene rings is 1. The van der Waals surface area contributed by atoms with Crippen molar-refractivity contribution < 1.29 is 14.3 Å². The highest BCUT2D eigenvalue weighted by Crippen LogP contribution is 2.29. The number of nitrogen functional groups attached to an aromatic ring is 1. The topological polar surface area (TPSA) is 61.5 Å². The average molecular weight is 277 g/mol. The van der Waals surface area contributed by atoms with Crippen LogP contribution in [-0.4, -0.2) is 19.2 Å².